The maximum absolute atomic E-state index is 14.1. The van der Waals surface area contributed by atoms with E-state index in [1.807, 2.05) is 12.1 Å². The summed E-state index contributed by atoms with van der Waals surface area (Å²) >= 11 is 0. The first kappa shape index (κ1) is 52.3. The van der Waals surface area contributed by atoms with Crippen LogP contribution in [0.1, 0.15) is 167 Å². The second kappa shape index (κ2) is 20.2. The summed E-state index contributed by atoms with van der Waals surface area (Å²) in [5.41, 5.74) is 6.56. The molecule has 0 radical (unpaired) electrons. The van der Waals surface area contributed by atoms with Crippen molar-refractivity contribution in [2.45, 2.75) is 157 Å². The predicted octanol–water partition coefficient (Wildman–Crippen LogP) is 10.6. The third-order valence-electron chi connectivity index (χ3n) is 20.9. The summed E-state index contributed by atoms with van der Waals surface area (Å²) in [5, 5.41) is 55.8. The fraction of sp³-hybridized carbons (Fsp3) is 0.538. The monoisotopic (exact) mass is 1080 g/mol. The number of aliphatic hydroxyl groups is 3. The number of imide groups is 1. The Morgan fingerprint density at radius 3 is 2.19 bits per heavy atom. The Morgan fingerprint density at radius 2 is 1.47 bits per heavy atom. The van der Waals surface area contributed by atoms with Crippen LogP contribution in [0.25, 0.3) is 17.2 Å². The SMILES string of the molecule is CCNC1(Oc2cc(OC)c3c4c2C(O)Nc2cc5c(c(c2-4)CC3)C(O)C(c2cc(OC)c(O)c(OCC(CO)C34CCC6(CCCC6)C(C6(N7C(=O)C=CC7=O)CCCCC6)C3C=Cc3ccccc34)c2)CO5)CCCCC1. The lowest BCUT2D eigenvalue weighted by atomic mass is 9.41. The number of ether oxygens (including phenoxy) is 5. The molecule has 3 heterocycles. The molecule has 13 rings (SSSR count). The summed E-state index contributed by atoms with van der Waals surface area (Å²) in [6.07, 6.45) is 21.9. The average Bonchev–Trinajstić information content (AvgIpc) is 3.59. The maximum atomic E-state index is 14.1. The van der Waals surface area contributed by atoms with E-state index in [0.717, 1.165) is 143 Å². The van der Waals surface area contributed by atoms with Crippen LogP contribution in [0.3, 0.4) is 0 Å². The zero-order chi connectivity index (χ0) is 54.4. The van der Waals surface area contributed by atoms with Crippen molar-refractivity contribution < 1.29 is 53.7 Å². The van der Waals surface area contributed by atoms with Gasteiger partial charge in [0.2, 0.25) is 5.75 Å². The Labute approximate surface area is 463 Å². The van der Waals surface area contributed by atoms with Crippen molar-refractivity contribution >= 4 is 23.6 Å². The predicted molar refractivity (Wildman–Crippen MR) is 300 cm³/mol. The van der Waals surface area contributed by atoms with E-state index in [1.54, 1.807) is 24.1 Å². The van der Waals surface area contributed by atoms with E-state index in [-0.39, 0.29) is 66.1 Å². The minimum atomic E-state index is -1.07. The summed E-state index contributed by atoms with van der Waals surface area (Å²) in [6, 6.07) is 15.8. The lowest BCUT2D eigenvalue weighted by Gasteiger charge is -2.65. The molecule has 0 saturated heterocycles. The number of amides is 2. The second-order valence-electron chi connectivity index (χ2n) is 24.5. The van der Waals surface area contributed by atoms with Crippen LogP contribution in [0.2, 0.25) is 0 Å². The van der Waals surface area contributed by atoms with Crippen LogP contribution >= 0.6 is 0 Å². The number of anilines is 1. The number of methoxy groups -OCH3 is 2. The van der Waals surface area contributed by atoms with Gasteiger partial charge in [0.25, 0.3) is 11.8 Å². The largest absolute Gasteiger partial charge is 0.502 e. The molecule has 14 heteroatoms. The van der Waals surface area contributed by atoms with Gasteiger partial charge in [0.15, 0.2) is 23.5 Å². The number of aromatic hydroxyl groups is 1. The van der Waals surface area contributed by atoms with Crippen LogP contribution in [0.5, 0.6) is 34.5 Å². The number of nitrogens with one attached hydrogen (secondary N) is 2. The topological polar surface area (TPSA) is 189 Å². The molecule has 6 aliphatic carbocycles. The zero-order valence-electron chi connectivity index (χ0n) is 46.0. The molecule has 4 fully saturated rings. The number of rotatable bonds is 14. The van der Waals surface area contributed by atoms with E-state index in [4.69, 9.17) is 23.7 Å². The van der Waals surface area contributed by atoms with Gasteiger partial charge < -0.3 is 49.4 Å². The van der Waals surface area contributed by atoms with Crippen LogP contribution in [-0.2, 0) is 27.8 Å². The summed E-state index contributed by atoms with van der Waals surface area (Å²) in [5.74, 6) is 0.240. The smallest absolute Gasteiger partial charge is 0.254 e. The Hall–Kier alpha value is -6.06. The van der Waals surface area contributed by atoms with Crippen LogP contribution in [0.4, 0.5) is 5.69 Å². The molecule has 7 unspecified atom stereocenters. The number of aliphatic hydroxyl groups excluding tert-OH is 3. The second-order valence-corrected chi connectivity index (χ2v) is 24.5. The number of hydrogen-bond acceptors (Lipinski definition) is 13. The van der Waals surface area contributed by atoms with Gasteiger partial charge in [0, 0.05) is 82.3 Å². The third kappa shape index (κ3) is 8.06. The number of carbonyl (C=O) groups excluding carboxylic acids is 2. The number of benzene rings is 4. The van der Waals surface area contributed by atoms with E-state index in [9.17, 15) is 30.0 Å². The third-order valence-corrected chi connectivity index (χ3v) is 20.9. The summed E-state index contributed by atoms with van der Waals surface area (Å²) < 4.78 is 32.5. The summed E-state index contributed by atoms with van der Waals surface area (Å²) in [7, 11) is 3.17. The zero-order valence-corrected chi connectivity index (χ0v) is 46.0. The Kier molecular flexibility index (Phi) is 13.4. The molecule has 0 bridgehead atoms. The minimum absolute atomic E-state index is 0.0411. The van der Waals surface area contributed by atoms with E-state index in [0.29, 0.717) is 52.5 Å². The molecule has 418 valence electrons. The molecule has 4 saturated carbocycles. The molecular weight excluding hydrogens is 999 g/mol. The van der Waals surface area contributed by atoms with E-state index >= 15 is 0 Å². The van der Waals surface area contributed by atoms with Crippen LogP contribution in [-0.4, -0.2) is 89.0 Å². The van der Waals surface area contributed by atoms with Gasteiger partial charge in [-0.25, -0.2) is 0 Å². The molecule has 4 aromatic carbocycles. The molecular formula is C65H77N3O11. The number of carbonyl (C=O) groups is 2. The van der Waals surface area contributed by atoms with Gasteiger partial charge in [-0.15, -0.1) is 0 Å². The van der Waals surface area contributed by atoms with Gasteiger partial charge in [-0.05, 0) is 122 Å². The summed E-state index contributed by atoms with van der Waals surface area (Å²) in [4.78, 5) is 29.8. The van der Waals surface area contributed by atoms with Crippen LogP contribution in [0.15, 0.2) is 66.8 Å². The molecule has 6 N–H and O–H groups in total. The quantitative estimate of drug-likeness (QED) is 0.0518. The number of hydrogen-bond donors (Lipinski definition) is 6. The number of phenolic OH excluding ortho intramolecular Hbond substituents is 1. The van der Waals surface area contributed by atoms with Gasteiger partial charge in [-0.3, -0.25) is 19.8 Å². The molecule has 79 heavy (non-hydrogen) atoms. The molecule has 2 amide bonds. The number of nitrogens with zero attached hydrogens (tertiary/aromatic N) is 1. The molecule has 4 aromatic rings. The normalized spacial score (nSPS) is 27.7. The highest BCUT2D eigenvalue weighted by Crippen LogP contribution is 2.69. The average molecular weight is 1080 g/mol. The Balaban J connectivity index is 0.857. The lowest BCUT2D eigenvalue weighted by Crippen LogP contribution is -2.68. The van der Waals surface area contributed by atoms with Crippen molar-refractivity contribution in [3.63, 3.8) is 0 Å². The first-order chi connectivity index (χ1) is 38.4. The highest BCUT2D eigenvalue weighted by Gasteiger charge is 2.67. The van der Waals surface area contributed by atoms with Crippen molar-refractivity contribution in [1.82, 2.24) is 10.2 Å². The first-order valence-electron chi connectivity index (χ1n) is 29.6. The van der Waals surface area contributed by atoms with E-state index in [2.05, 4.69) is 54.0 Å². The standard InChI is InChI=1S/C65H77N3O11/c1-4-66-64(27-11-6-12-28-64)79-49-34-47(75-2)41-18-19-42-54-46(67-61(74)57(49)56(41)54)33-48-55(42)58(72)43(37-78-48)39-31-50(76-3)59(73)51(32-39)77-36-40(35-69)65-30-29-62(23-13-14-24-62)60(45(65)20-17-38-15-7-8-16-44(38)65)63(25-9-5-10-26-63)68-52(70)21-22-53(68)71/h7-8,15-17,20-22,31-34,40,43,45,58,60-61,66-67,69,72-74H,4-6,9-14,18-19,23-30,35-37H2,1-3H3. The molecule has 3 aliphatic heterocycles. The molecule has 14 nitrogen and oxygen atoms in total. The van der Waals surface area contributed by atoms with Crippen molar-refractivity contribution in [2.24, 2.45) is 23.2 Å². The highest BCUT2D eigenvalue weighted by molar-refractivity contribution is 6.13. The van der Waals surface area contributed by atoms with E-state index in [1.165, 1.54) is 19.3 Å². The number of phenols is 1. The first-order valence-corrected chi connectivity index (χ1v) is 29.6. The van der Waals surface area contributed by atoms with Crippen molar-refractivity contribution in [3.05, 3.63) is 106 Å². The van der Waals surface area contributed by atoms with Gasteiger partial charge in [-0.1, -0.05) is 81.9 Å². The van der Waals surface area contributed by atoms with Crippen molar-refractivity contribution in [3.8, 4) is 45.6 Å². The number of fused-ring (bicyclic) bond motifs is 5. The molecule has 9 aliphatic rings. The van der Waals surface area contributed by atoms with Gasteiger partial charge in [0.05, 0.1) is 51.2 Å². The highest BCUT2D eigenvalue weighted by atomic mass is 16.5. The molecule has 0 aromatic heterocycles. The van der Waals surface area contributed by atoms with Crippen LogP contribution < -0.4 is 34.3 Å². The minimum Gasteiger partial charge on any atom is -0.502 e. The molecule has 1 spiro atoms. The number of allylic oxidation sites excluding steroid dienone is 1. The van der Waals surface area contributed by atoms with Crippen molar-refractivity contribution in [1.29, 1.82) is 0 Å². The molecule has 7 atom stereocenters. The summed E-state index contributed by atoms with van der Waals surface area (Å²) in [6.45, 7) is 2.77. The van der Waals surface area contributed by atoms with Crippen LogP contribution in [0, 0.1) is 23.2 Å². The van der Waals surface area contributed by atoms with Gasteiger partial charge in [0.1, 0.15) is 17.2 Å². The van der Waals surface area contributed by atoms with Gasteiger partial charge in [-0.2, -0.15) is 0 Å². The van der Waals surface area contributed by atoms with Crippen molar-refractivity contribution in [2.75, 3.05) is 45.9 Å². The van der Waals surface area contributed by atoms with E-state index < -0.39 is 40.8 Å². The maximum Gasteiger partial charge on any atom is 0.254 e. The fourth-order valence-corrected chi connectivity index (χ4v) is 17.7. The Bertz CT molecular complexity index is 3110. The van der Waals surface area contributed by atoms with Gasteiger partial charge >= 0.3 is 0 Å². The Morgan fingerprint density at radius 1 is 0.772 bits per heavy atom. The lowest BCUT2D eigenvalue weighted by molar-refractivity contribution is -0.164. The fourth-order valence-electron chi connectivity index (χ4n) is 17.7.